The molecule has 3 nitrogen and oxygen atoms in total. The Morgan fingerprint density at radius 1 is 1.50 bits per heavy atom. The highest BCUT2D eigenvalue weighted by Gasteiger charge is 2.25. The molecular weight excluding hydrogens is 274 g/mol. The third-order valence-electron chi connectivity index (χ3n) is 3.41. The Kier molecular flexibility index (Phi) is 5.07. The number of benzene rings is 1. The standard InChI is InChI=1S/C16H20ClNO2/c1-2-10-18(11-12-6-7-12)16-13(8-9-15(19)20)4-3-5-14(16)17/h3-5,8-9,12H,2,6-7,10-11H2,1H3,(H,19,20)/b9-8+. The van der Waals surface area contributed by atoms with Gasteiger partial charge in [-0.15, -0.1) is 0 Å². The van der Waals surface area contributed by atoms with E-state index in [1.54, 1.807) is 6.08 Å². The Balaban J connectivity index is 2.32. The van der Waals surface area contributed by atoms with Crippen molar-refractivity contribution in [1.29, 1.82) is 0 Å². The summed E-state index contributed by atoms with van der Waals surface area (Å²) < 4.78 is 0. The summed E-state index contributed by atoms with van der Waals surface area (Å²) >= 11 is 6.36. The maximum atomic E-state index is 10.7. The molecule has 0 unspecified atom stereocenters. The summed E-state index contributed by atoms with van der Waals surface area (Å²) in [6.45, 7) is 4.09. The second-order valence-corrected chi connectivity index (χ2v) is 5.65. The molecule has 1 aliphatic rings. The summed E-state index contributed by atoms with van der Waals surface area (Å²) in [4.78, 5) is 13.0. The molecule has 1 saturated carbocycles. The lowest BCUT2D eigenvalue weighted by atomic mass is 10.1. The van der Waals surface area contributed by atoms with Gasteiger partial charge in [0.2, 0.25) is 0 Å². The SMILES string of the molecule is CCCN(CC1CC1)c1c(Cl)cccc1/C=C/C(=O)O. The fraction of sp³-hybridized carbons (Fsp3) is 0.438. The van der Waals surface area contributed by atoms with Crippen molar-refractivity contribution < 1.29 is 9.90 Å². The highest BCUT2D eigenvalue weighted by molar-refractivity contribution is 6.33. The number of para-hydroxylation sites is 1. The van der Waals surface area contributed by atoms with Crippen LogP contribution in [-0.2, 0) is 4.79 Å². The van der Waals surface area contributed by atoms with Crippen LogP contribution in [0.15, 0.2) is 24.3 Å². The van der Waals surface area contributed by atoms with Crippen molar-refractivity contribution in [2.24, 2.45) is 5.92 Å². The highest BCUT2D eigenvalue weighted by Crippen LogP contribution is 2.36. The first-order valence-electron chi connectivity index (χ1n) is 7.06. The van der Waals surface area contributed by atoms with Crippen LogP contribution in [0, 0.1) is 5.92 Å². The Labute approximate surface area is 124 Å². The molecule has 1 fully saturated rings. The van der Waals surface area contributed by atoms with Gasteiger partial charge < -0.3 is 10.0 Å². The number of hydrogen-bond acceptors (Lipinski definition) is 2. The Bertz CT molecular complexity index is 509. The summed E-state index contributed by atoms with van der Waals surface area (Å²) in [6, 6.07) is 5.63. The van der Waals surface area contributed by atoms with Crippen molar-refractivity contribution in [2.75, 3.05) is 18.0 Å². The Morgan fingerprint density at radius 2 is 2.25 bits per heavy atom. The molecule has 0 amide bonds. The molecule has 1 aromatic carbocycles. The van der Waals surface area contributed by atoms with Crippen LogP contribution in [0.3, 0.4) is 0 Å². The van der Waals surface area contributed by atoms with Crippen molar-refractivity contribution in [3.05, 3.63) is 34.9 Å². The fourth-order valence-electron chi connectivity index (χ4n) is 2.34. The van der Waals surface area contributed by atoms with Gasteiger partial charge in [-0.25, -0.2) is 4.79 Å². The van der Waals surface area contributed by atoms with E-state index in [1.807, 2.05) is 18.2 Å². The van der Waals surface area contributed by atoms with Crippen LogP contribution in [0.1, 0.15) is 31.7 Å². The molecule has 0 radical (unpaired) electrons. The molecule has 20 heavy (non-hydrogen) atoms. The monoisotopic (exact) mass is 293 g/mol. The van der Waals surface area contributed by atoms with Gasteiger partial charge in [-0.2, -0.15) is 0 Å². The van der Waals surface area contributed by atoms with Crippen LogP contribution in [-0.4, -0.2) is 24.2 Å². The molecule has 0 aromatic heterocycles. The van der Waals surface area contributed by atoms with Gasteiger partial charge in [0.05, 0.1) is 10.7 Å². The van der Waals surface area contributed by atoms with Crippen LogP contribution >= 0.6 is 11.6 Å². The summed E-state index contributed by atoms with van der Waals surface area (Å²) in [7, 11) is 0. The lowest BCUT2D eigenvalue weighted by Crippen LogP contribution is -2.27. The van der Waals surface area contributed by atoms with Gasteiger partial charge in [0, 0.05) is 19.2 Å². The van der Waals surface area contributed by atoms with Crippen LogP contribution in [0.2, 0.25) is 5.02 Å². The average Bonchev–Trinajstić information content (AvgIpc) is 3.20. The number of rotatable bonds is 7. The summed E-state index contributed by atoms with van der Waals surface area (Å²) in [5.41, 5.74) is 1.83. The van der Waals surface area contributed by atoms with E-state index in [4.69, 9.17) is 16.7 Å². The molecule has 0 atom stereocenters. The van der Waals surface area contributed by atoms with E-state index in [1.165, 1.54) is 12.8 Å². The van der Waals surface area contributed by atoms with Gasteiger partial charge >= 0.3 is 5.97 Å². The predicted molar refractivity (Wildman–Crippen MR) is 83.3 cm³/mol. The Hall–Kier alpha value is -1.48. The van der Waals surface area contributed by atoms with E-state index < -0.39 is 5.97 Å². The molecule has 0 bridgehead atoms. The highest BCUT2D eigenvalue weighted by atomic mass is 35.5. The van der Waals surface area contributed by atoms with E-state index in [2.05, 4.69) is 11.8 Å². The van der Waals surface area contributed by atoms with Crippen molar-refractivity contribution in [3.63, 3.8) is 0 Å². The molecule has 108 valence electrons. The molecule has 1 aliphatic carbocycles. The lowest BCUT2D eigenvalue weighted by Gasteiger charge is -2.27. The number of carboxylic acids is 1. The molecule has 2 rings (SSSR count). The van der Waals surface area contributed by atoms with E-state index >= 15 is 0 Å². The largest absolute Gasteiger partial charge is 0.478 e. The first-order chi connectivity index (χ1) is 9.61. The van der Waals surface area contributed by atoms with Gasteiger partial charge in [-0.3, -0.25) is 0 Å². The van der Waals surface area contributed by atoms with Gasteiger partial charge in [-0.1, -0.05) is 30.7 Å². The predicted octanol–water partition coefficient (Wildman–Crippen LogP) is 4.06. The van der Waals surface area contributed by atoms with Gasteiger partial charge in [0.1, 0.15) is 0 Å². The second-order valence-electron chi connectivity index (χ2n) is 5.24. The topological polar surface area (TPSA) is 40.5 Å². The van der Waals surface area contributed by atoms with Crippen LogP contribution < -0.4 is 4.90 Å². The number of nitrogens with zero attached hydrogens (tertiary/aromatic N) is 1. The van der Waals surface area contributed by atoms with Gasteiger partial charge in [0.25, 0.3) is 0 Å². The van der Waals surface area contributed by atoms with Crippen molar-refractivity contribution in [2.45, 2.75) is 26.2 Å². The quantitative estimate of drug-likeness (QED) is 0.771. The minimum Gasteiger partial charge on any atom is -0.478 e. The summed E-state index contributed by atoms with van der Waals surface area (Å²) in [5.74, 6) is -0.186. The maximum Gasteiger partial charge on any atom is 0.328 e. The molecule has 0 heterocycles. The maximum absolute atomic E-state index is 10.7. The minimum atomic E-state index is -0.944. The summed E-state index contributed by atoms with van der Waals surface area (Å²) in [5, 5.41) is 9.49. The van der Waals surface area contributed by atoms with Crippen molar-refractivity contribution >= 4 is 29.3 Å². The van der Waals surface area contributed by atoms with Crippen molar-refractivity contribution in [3.8, 4) is 0 Å². The number of hydrogen-bond donors (Lipinski definition) is 1. The average molecular weight is 294 g/mol. The first kappa shape index (κ1) is 14.9. The molecule has 0 spiro atoms. The van der Waals surface area contributed by atoms with Crippen LogP contribution in [0.25, 0.3) is 6.08 Å². The van der Waals surface area contributed by atoms with E-state index in [9.17, 15) is 4.79 Å². The number of halogens is 1. The molecule has 0 aliphatic heterocycles. The number of anilines is 1. The van der Waals surface area contributed by atoms with Gasteiger partial charge in [-0.05, 0) is 42.9 Å². The number of aliphatic carboxylic acids is 1. The zero-order chi connectivity index (χ0) is 14.5. The summed E-state index contributed by atoms with van der Waals surface area (Å²) in [6.07, 6.45) is 6.39. The normalized spacial score (nSPS) is 14.7. The molecular formula is C16H20ClNO2. The molecule has 1 N–H and O–H groups in total. The van der Waals surface area contributed by atoms with E-state index in [0.717, 1.165) is 42.8 Å². The van der Waals surface area contributed by atoms with E-state index in [-0.39, 0.29) is 0 Å². The number of carboxylic acid groups (broad SMARTS) is 1. The van der Waals surface area contributed by atoms with Crippen molar-refractivity contribution in [1.82, 2.24) is 0 Å². The zero-order valence-corrected chi connectivity index (χ0v) is 12.4. The lowest BCUT2D eigenvalue weighted by molar-refractivity contribution is -0.131. The van der Waals surface area contributed by atoms with Crippen LogP contribution in [0.4, 0.5) is 5.69 Å². The minimum absolute atomic E-state index is 0.687. The third kappa shape index (κ3) is 4.01. The zero-order valence-electron chi connectivity index (χ0n) is 11.7. The van der Waals surface area contributed by atoms with Gasteiger partial charge in [0.15, 0.2) is 0 Å². The smallest absolute Gasteiger partial charge is 0.328 e. The second kappa shape index (κ2) is 6.80. The first-order valence-corrected chi connectivity index (χ1v) is 7.44. The Morgan fingerprint density at radius 3 is 2.85 bits per heavy atom. The van der Waals surface area contributed by atoms with E-state index in [0.29, 0.717) is 5.02 Å². The van der Waals surface area contributed by atoms with Crippen LogP contribution in [0.5, 0.6) is 0 Å². The fourth-order valence-corrected chi connectivity index (χ4v) is 2.64. The number of carbonyl (C=O) groups is 1. The molecule has 4 heteroatoms. The molecule has 1 aromatic rings. The molecule has 0 saturated heterocycles. The third-order valence-corrected chi connectivity index (χ3v) is 3.71.